The fourth-order valence-corrected chi connectivity index (χ4v) is 0. The predicted molar refractivity (Wildman–Crippen MR) is 19.4 cm³/mol. The Hall–Kier alpha value is 0.0931. The summed E-state index contributed by atoms with van der Waals surface area (Å²) < 4.78 is 0. The van der Waals surface area contributed by atoms with Gasteiger partial charge in [-0.15, -0.1) is 0 Å². The van der Waals surface area contributed by atoms with Crippen LogP contribution in [-0.4, -0.2) is 5.91 Å². The molecule has 2 N–H and O–H groups in total. The minimum atomic E-state index is -0.481. The maximum Gasteiger partial charge on any atom is 2.00 e. The van der Waals surface area contributed by atoms with E-state index in [1.54, 1.807) is 0 Å². The van der Waals surface area contributed by atoms with Crippen LogP contribution in [0.15, 0.2) is 12.7 Å². The molecule has 0 aliphatic heterocycles. The smallest absolute Gasteiger partial charge is 0.366 e. The number of rotatable bonds is 1. The fourth-order valence-electron chi connectivity index (χ4n) is 0. The fraction of sp³-hybridized carbons (Fsp3) is 0. The summed E-state index contributed by atoms with van der Waals surface area (Å²) in [6.07, 6.45) is 1.06. The molecule has 0 aromatic heterocycles. The monoisotopic (exact) mass is 161 g/mol. The van der Waals surface area contributed by atoms with Gasteiger partial charge in [0, 0.05) is 0 Å². The Kier molecular flexibility index (Phi) is 8.01. The second kappa shape index (κ2) is 5.09. The van der Waals surface area contributed by atoms with E-state index in [0.29, 0.717) is 0 Å². The Labute approximate surface area is 55.5 Å². The third-order valence-corrected chi connectivity index (χ3v) is 0.201. The summed E-state index contributed by atoms with van der Waals surface area (Å²) in [5.74, 6) is -0.481. The summed E-state index contributed by atoms with van der Waals surface area (Å²) in [5.41, 5.74) is 4.53. The molecule has 0 bridgehead atoms. The zero-order valence-corrected chi connectivity index (χ0v) is 5.73. The third kappa shape index (κ3) is 8.94. The summed E-state index contributed by atoms with van der Waals surface area (Å²) in [5, 5.41) is 0. The van der Waals surface area contributed by atoms with Crippen LogP contribution < -0.4 is 5.73 Å². The first-order chi connectivity index (χ1) is 2.27. The maximum atomic E-state index is 9.47. The average molecular weight is 162 g/mol. The van der Waals surface area contributed by atoms with Crippen molar-refractivity contribution in [1.29, 1.82) is 0 Å². The summed E-state index contributed by atoms with van der Waals surface area (Å²) in [6.45, 7) is 3.09. The van der Waals surface area contributed by atoms with Gasteiger partial charge in [-0.1, -0.05) is 6.58 Å². The van der Waals surface area contributed by atoms with Crippen LogP contribution in [0.2, 0.25) is 0 Å². The molecule has 0 aliphatic carbocycles. The largest absolute Gasteiger partial charge is 2.00 e. The quantitative estimate of drug-likeness (QED) is 0.526. The van der Waals surface area contributed by atoms with Gasteiger partial charge in [-0.05, 0) is 6.08 Å². The number of carbonyl (C=O) groups excluding carboxylic acids is 1. The van der Waals surface area contributed by atoms with Crippen molar-refractivity contribution in [2.75, 3.05) is 0 Å². The average Bonchev–Trinajstić information content (AvgIpc) is 1.38. The van der Waals surface area contributed by atoms with E-state index >= 15 is 0 Å². The van der Waals surface area contributed by atoms with Crippen molar-refractivity contribution in [3.05, 3.63) is 12.7 Å². The molecule has 0 saturated heterocycles. The van der Waals surface area contributed by atoms with Crippen molar-refractivity contribution in [3.8, 4) is 0 Å². The van der Waals surface area contributed by atoms with Crippen LogP contribution in [0.3, 0.4) is 0 Å². The van der Waals surface area contributed by atoms with Gasteiger partial charge in [-0.25, -0.2) is 0 Å². The summed E-state index contributed by atoms with van der Waals surface area (Å²) in [7, 11) is 0. The van der Waals surface area contributed by atoms with Crippen LogP contribution in [0, 0.1) is 0 Å². The molecule has 0 saturated carbocycles. The first-order valence-electron chi connectivity index (χ1n) is 1.19. The predicted octanol–water partition coefficient (Wildman–Crippen LogP) is -0.345. The van der Waals surface area contributed by atoms with Crippen molar-refractivity contribution < 1.29 is 31.0 Å². The molecule has 0 aromatic rings. The molecule has 0 unspecified atom stereocenters. The Morgan fingerprint density at radius 3 is 2.00 bits per heavy atom. The van der Waals surface area contributed by atoms with Crippen LogP contribution in [0.4, 0.5) is 0 Å². The van der Waals surface area contributed by atoms with E-state index in [4.69, 9.17) is 0 Å². The molecule has 0 rings (SSSR count). The Morgan fingerprint density at radius 1 is 1.83 bits per heavy atom. The number of hydrogen-bond acceptors (Lipinski definition) is 1. The first kappa shape index (κ1) is 9.43. The normalized spacial score (nSPS) is 5.33. The van der Waals surface area contributed by atoms with Crippen LogP contribution >= 0.6 is 0 Å². The molecular weight excluding hydrogens is 157 g/mol. The Morgan fingerprint density at radius 2 is 2.00 bits per heavy atom. The molecule has 0 radical (unpaired) electrons. The van der Waals surface area contributed by atoms with Crippen LogP contribution in [-0.2, 0) is 31.0 Å². The number of nitrogens with two attached hydrogens (primary N) is 1. The summed E-state index contributed by atoms with van der Waals surface area (Å²) in [4.78, 5) is 9.47. The van der Waals surface area contributed by atoms with E-state index in [2.05, 4.69) is 12.3 Å². The minimum absolute atomic E-state index is 0. The van der Waals surface area contributed by atoms with E-state index in [1.165, 1.54) is 0 Å². The van der Waals surface area contributed by atoms with Gasteiger partial charge >= 0.3 is 26.2 Å². The summed E-state index contributed by atoms with van der Waals surface area (Å²) in [6, 6.07) is 0. The number of primary amides is 1. The van der Waals surface area contributed by atoms with Crippen molar-refractivity contribution >= 4 is 5.91 Å². The van der Waals surface area contributed by atoms with Gasteiger partial charge in [-0.3, -0.25) is 4.79 Å². The molecule has 0 aliphatic rings. The number of carbonyl (C=O) groups is 1. The summed E-state index contributed by atoms with van der Waals surface area (Å²) >= 11 is 0. The van der Waals surface area contributed by atoms with E-state index in [-0.39, 0.29) is 26.2 Å². The zero-order valence-electron chi connectivity index (χ0n) is 3.27. The van der Waals surface area contributed by atoms with Crippen molar-refractivity contribution in [2.45, 2.75) is 0 Å². The van der Waals surface area contributed by atoms with Gasteiger partial charge in [0.2, 0.25) is 5.91 Å². The standard InChI is InChI=1S/C3H5NO.Zr/c1-2-3(4)5;/h2H,1H2,(H2,4,5);/q;+2. The molecule has 0 fully saturated rings. The minimum Gasteiger partial charge on any atom is -0.366 e. The molecule has 30 valence electrons. The molecule has 0 aromatic carbocycles. The van der Waals surface area contributed by atoms with Gasteiger partial charge in [0.1, 0.15) is 0 Å². The van der Waals surface area contributed by atoms with Gasteiger partial charge in [0.05, 0.1) is 0 Å². The molecule has 3 heteroatoms. The second-order valence-corrected chi connectivity index (χ2v) is 0.606. The molecule has 0 atom stereocenters. The number of hydrogen-bond donors (Lipinski definition) is 1. The van der Waals surface area contributed by atoms with Gasteiger partial charge in [0.15, 0.2) is 0 Å². The van der Waals surface area contributed by atoms with Crippen LogP contribution in [0.5, 0.6) is 0 Å². The van der Waals surface area contributed by atoms with Crippen LogP contribution in [0.25, 0.3) is 0 Å². The molecule has 0 spiro atoms. The molecule has 1 amide bonds. The third-order valence-electron chi connectivity index (χ3n) is 0.201. The van der Waals surface area contributed by atoms with E-state index in [9.17, 15) is 4.79 Å². The second-order valence-electron chi connectivity index (χ2n) is 0.606. The zero-order chi connectivity index (χ0) is 4.28. The Bertz CT molecular complexity index is 61.8. The van der Waals surface area contributed by atoms with Gasteiger partial charge in [0.25, 0.3) is 0 Å². The van der Waals surface area contributed by atoms with E-state index < -0.39 is 5.91 Å². The van der Waals surface area contributed by atoms with Gasteiger partial charge in [-0.2, -0.15) is 0 Å². The molecular formula is C3H5NOZr+2. The van der Waals surface area contributed by atoms with Crippen molar-refractivity contribution in [1.82, 2.24) is 0 Å². The topological polar surface area (TPSA) is 43.1 Å². The van der Waals surface area contributed by atoms with E-state index in [0.717, 1.165) is 6.08 Å². The number of amides is 1. The van der Waals surface area contributed by atoms with Crippen molar-refractivity contribution in [2.24, 2.45) is 5.73 Å². The van der Waals surface area contributed by atoms with Crippen LogP contribution in [0.1, 0.15) is 0 Å². The molecule has 0 heterocycles. The maximum absolute atomic E-state index is 9.47. The SMILES string of the molecule is C=CC(N)=O.[Zr+2]. The molecule has 6 heavy (non-hydrogen) atoms. The molecule has 2 nitrogen and oxygen atoms in total. The van der Waals surface area contributed by atoms with Gasteiger partial charge < -0.3 is 5.73 Å². The first-order valence-corrected chi connectivity index (χ1v) is 1.19. The van der Waals surface area contributed by atoms with Crippen molar-refractivity contribution in [3.63, 3.8) is 0 Å². The Balaban J connectivity index is 0. The van der Waals surface area contributed by atoms with E-state index in [1.807, 2.05) is 0 Å².